The summed E-state index contributed by atoms with van der Waals surface area (Å²) < 4.78 is 51.2. The highest BCUT2D eigenvalue weighted by molar-refractivity contribution is 7.85. The number of thiazole rings is 1. The molecule has 0 saturated carbocycles. The summed E-state index contributed by atoms with van der Waals surface area (Å²) in [6, 6.07) is 14.1. The molecule has 170 valence electrons. The van der Waals surface area contributed by atoms with Crippen LogP contribution in [0, 0.1) is 13.8 Å². The summed E-state index contributed by atoms with van der Waals surface area (Å²) in [6.45, 7) is 9.69. The Morgan fingerprint density at radius 3 is 2.13 bits per heavy atom. The molecule has 1 aromatic heterocycles. The second-order valence-electron chi connectivity index (χ2n) is 6.97. The molecule has 0 amide bonds. The summed E-state index contributed by atoms with van der Waals surface area (Å²) in [5.74, 6) is 0. The number of fused-ring (bicyclic) bond motifs is 1. The van der Waals surface area contributed by atoms with E-state index in [0.29, 0.717) is 0 Å². The Labute approximate surface area is 187 Å². The van der Waals surface area contributed by atoms with Gasteiger partial charge in [-0.3, -0.25) is 4.74 Å². The zero-order valence-corrected chi connectivity index (χ0v) is 20.2. The molecule has 0 aliphatic heterocycles. The van der Waals surface area contributed by atoms with Gasteiger partial charge in [-0.05, 0) is 39.0 Å². The maximum absolute atomic E-state index is 10.4. The minimum absolute atomic E-state index is 0.0924. The van der Waals surface area contributed by atoms with Crippen molar-refractivity contribution in [1.29, 1.82) is 0 Å². The first-order valence-corrected chi connectivity index (χ1v) is 12.0. The number of hydrogen-bond donors (Lipinski definition) is 0. The Hall–Kier alpha value is -1.88. The number of aryl methyl sites for hydroxylation is 2. The van der Waals surface area contributed by atoms with Gasteiger partial charge in [-0.25, -0.2) is 8.42 Å². The third-order valence-corrected chi connectivity index (χ3v) is 6.41. The van der Waals surface area contributed by atoms with Gasteiger partial charge in [0.25, 0.3) is 6.23 Å². The van der Waals surface area contributed by atoms with Crippen LogP contribution in [-0.4, -0.2) is 32.7 Å². The van der Waals surface area contributed by atoms with E-state index in [1.54, 1.807) is 30.6 Å². The SMILES string of the molecule is COC(C)OC(C)OC(C)[n+]1c(C)sc2ccccc21.Cc1ccc(S(=O)(=O)[O-])cc1. The quantitative estimate of drug-likeness (QED) is 0.293. The molecule has 0 radical (unpaired) electrons. The maximum Gasteiger partial charge on any atom is 0.263 e. The van der Waals surface area contributed by atoms with Crippen molar-refractivity contribution >= 4 is 31.7 Å². The summed E-state index contributed by atoms with van der Waals surface area (Å²) >= 11 is 1.77. The smallest absolute Gasteiger partial charge is 0.263 e. The summed E-state index contributed by atoms with van der Waals surface area (Å²) in [5, 5.41) is 1.21. The van der Waals surface area contributed by atoms with Gasteiger partial charge in [0.05, 0.1) is 4.90 Å². The zero-order chi connectivity index (χ0) is 23.2. The van der Waals surface area contributed by atoms with Crippen molar-refractivity contribution in [2.24, 2.45) is 0 Å². The Balaban J connectivity index is 0.000000262. The Morgan fingerprint density at radius 2 is 1.55 bits per heavy atom. The number of ether oxygens (including phenoxy) is 3. The molecule has 3 aromatic rings. The number of aromatic nitrogens is 1. The highest BCUT2D eigenvalue weighted by atomic mass is 32.2. The fourth-order valence-corrected chi connectivity index (χ4v) is 4.52. The highest BCUT2D eigenvalue weighted by Crippen LogP contribution is 2.22. The van der Waals surface area contributed by atoms with E-state index in [0.717, 1.165) is 5.56 Å². The van der Waals surface area contributed by atoms with Gasteiger partial charge in [0.1, 0.15) is 14.8 Å². The molecular formula is C22H29NO6S2. The van der Waals surface area contributed by atoms with Crippen LogP contribution in [0.2, 0.25) is 0 Å². The number of para-hydroxylation sites is 1. The highest BCUT2D eigenvalue weighted by Gasteiger charge is 2.25. The lowest BCUT2D eigenvalue weighted by Gasteiger charge is -2.19. The van der Waals surface area contributed by atoms with Crippen molar-refractivity contribution in [3.8, 4) is 0 Å². The molecule has 3 unspecified atom stereocenters. The summed E-state index contributed by atoms with van der Waals surface area (Å²) in [7, 11) is -2.65. The lowest BCUT2D eigenvalue weighted by molar-refractivity contribution is -0.743. The topological polar surface area (TPSA) is 88.8 Å². The van der Waals surface area contributed by atoms with E-state index in [1.165, 1.54) is 27.4 Å². The first kappa shape index (κ1) is 25.4. The van der Waals surface area contributed by atoms with Crippen molar-refractivity contribution < 1.29 is 31.7 Å². The molecule has 0 bridgehead atoms. The van der Waals surface area contributed by atoms with E-state index in [-0.39, 0.29) is 23.7 Å². The van der Waals surface area contributed by atoms with Crippen LogP contribution < -0.4 is 4.57 Å². The lowest BCUT2D eigenvalue weighted by atomic mass is 10.2. The van der Waals surface area contributed by atoms with Crippen LogP contribution in [0.4, 0.5) is 0 Å². The molecule has 1 heterocycles. The molecule has 3 rings (SSSR count). The monoisotopic (exact) mass is 467 g/mol. The van der Waals surface area contributed by atoms with Gasteiger partial charge in [-0.1, -0.05) is 41.2 Å². The summed E-state index contributed by atoms with van der Waals surface area (Å²) in [6.07, 6.45) is -0.696. The Morgan fingerprint density at radius 1 is 0.935 bits per heavy atom. The molecule has 2 aromatic carbocycles. The Bertz CT molecular complexity index is 1080. The van der Waals surface area contributed by atoms with Gasteiger partial charge in [-0.2, -0.15) is 4.57 Å². The van der Waals surface area contributed by atoms with E-state index in [9.17, 15) is 13.0 Å². The van der Waals surface area contributed by atoms with Gasteiger partial charge in [0.15, 0.2) is 12.6 Å². The van der Waals surface area contributed by atoms with Crippen molar-refractivity contribution in [1.82, 2.24) is 0 Å². The van der Waals surface area contributed by atoms with Gasteiger partial charge < -0.3 is 14.0 Å². The number of hydrogen-bond acceptors (Lipinski definition) is 7. The molecule has 9 heteroatoms. The Kier molecular flexibility index (Phi) is 9.11. The van der Waals surface area contributed by atoms with Crippen LogP contribution in [-0.2, 0) is 24.3 Å². The van der Waals surface area contributed by atoms with Crippen molar-refractivity contribution in [2.45, 2.75) is 58.3 Å². The molecule has 0 N–H and O–H groups in total. The standard InChI is InChI=1S/C15H22NO3S.C7H8O3S/c1-10(18-13(4)19-12(3)17-5)16-11(2)20-15-9-7-6-8-14(15)16;1-6-2-4-7(5-3-6)11(8,9)10/h6-10,12-13H,1-5H3;2-5H,1H3,(H,8,9,10)/q+1;/p-1. The predicted molar refractivity (Wildman–Crippen MR) is 119 cm³/mol. The third kappa shape index (κ3) is 7.34. The number of methoxy groups -OCH3 is 1. The summed E-state index contributed by atoms with van der Waals surface area (Å²) in [5.41, 5.74) is 2.12. The number of rotatable bonds is 7. The van der Waals surface area contributed by atoms with E-state index >= 15 is 0 Å². The molecule has 0 aliphatic carbocycles. The summed E-state index contributed by atoms with van der Waals surface area (Å²) in [4.78, 5) is -0.178. The van der Waals surface area contributed by atoms with Gasteiger partial charge in [0.2, 0.25) is 10.5 Å². The second-order valence-corrected chi connectivity index (χ2v) is 9.58. The van der Waals surface area contributed by atoms with E-state index < -0.39 is 10.1 Å². The number of benzene rings is 2. The molecular weight excluding hydrogens is 438 g/mol. The molecule has 31 heavy (non-hydrogen) atoms. The first-order valence-electron chi connectivity index (χ1n) is 9.79. The van der Waals surface area contributed by atoms with Crippen LogP contribution in [0.1, 0.15) is 37.6 Å². The van der Waals surface area contributed by atoms with E-state index in [1.807, 2.05) is 33.8 Å². The van der Waals surface area contributed by atoms with Crippen LogP contribution >= 0.6 is 11.3 Å². The first-order chi connectivity index (χ1) is 14.5. The minimum atomic E-state index is -4.27. The molecule has 3 atom stereocenters. The van der Waals surface area contributed by atoms with Crippen LogP contribution in [0.15, 0.2) is 53.4 Å². The normalized spacial score (nSPS) is 14.5. The molecule has 0 fully saturated rings. The fraction of sp³-hybridized carbons (Fsp3) is 0.409. The second kappa shape index (κ2) is 11.1. The average Bonchev–Trinajstić information content (AvgIpc) is 3.03. The van der Waals surface area contributed by atoms with Gasteiger partial charge in [0, 0.05) is 27.0 Å². The van der Waals surface area contributed by atoms with E-state index in [2.05, 4.69) is 29.7 Å². The zero-order valence-electron chi connectivity index (χ0n) is 18.6. The fourth-order valence-electron chi connectivity index (χ4n) is 2.97. The maximum atomic E-state index is 10.4. The lowest BCUT2D eigenvalue weighted by Crippen LogP contribution is -2.42. The molecule has 0 aliphatic rings. The van der Waals surface area contributed by atoms with Crippen LogP contribution in [0.5, 0.6) is 0 Å². The largest absolute Gasteiger partial charge is 0.744 e. The molecule has 0 spiro atoms. The minimum Gasteiger partial charge on any atom is -0.744 e. The van der Waals surface area contributed by atoms with Crippen LogP contribution in [0.3, 0.4) is 0 Å². The van der Waals surface area contributed by atoms with E-state index in [4.69, 9.17) is 14.2 Å². The van der Waals surface area contributed by atoms with Crippen molar-refractivity contribution in [2.75, 3.05) is 7.11 Å². The molecule has 0 saturated heterocycles. The molecule has 7 nitrogen and oxygen atoms in total. The van der Waals surface area contributed by atoms with Crippen molar-refractivity contribution in [3.05, 3.63) is 59.1 Å². The van der Waals surface area contributed by atoms with Gasteiger partial charge >= 0.3 is 0 Å². The van der Waals surface area contributed by atoms with Crippen LogP contribution in [0.25, 0.3) is 10.2 Å². The average molecular weight is 468 g/mol. The van der Waals surface area contributed by atoms with Gasteiger partial charge in [-0.15, -0.1) is 0 Å². The van der Waals surface area contributed by atoms with Crippen molar-refractivity contribution in [3.63, 3.8) is 0 Å². The predicted octanol–water partition coefficient (Wildman–Crippen LogP) is 4.29. The number of nitrogens with zero attached hydrogens (tertiary/aromatic N) is 1. The third-order valence-electron chi connectivity index (χ3n) is 4.50.